The van der Waals surface area contributed by atoms with Crippen LogP contribution in [0.2, 0.25) is 0 Å². The van der Waals surface area contributed by atoms with Crippen molar-refractivity contribution < 1.29 is 24.5 Å². The lowest BCUT2D eigenvalue weighted by atomic mass is 10.0. The minimum atomic E-state index is -0.844. The first-order chi connectivity index (χ1) is 43.0. The molecule has 0 aliphatic carbocycles. The van der Waals surface area contributed by atoms with Crippen LogP contribution in [-0.2, 0) is 14.3 Å². The van der Waals surface area contributed by atoms with Gasteiger partial charge < -0.3 is 20.3 Å². The average Bonchev–Trinajstić information content (AvgIpc) is 3.53. The summed E-state index contributed by atoms with van der Waals surface area (Å²) in [6.45, 7) is 4.94. The molecule has 6 heteroatoms. The zero-order valence-corrected chi connectivity index (χ0v) is 58.8. The van der Waals surface area contributed by atoms with E-state index in [1.807, 2.05) is 6.08 Å². The van der Waals surface area contributed by atoms with E-state index in [-0.39, 0.29) is 18.5 Å². The Morgan fingerprint density at radius 3 is 0.885 bits per heavy atom. The molecule has 3 N–H and O–H groups in total. The van der Waals surface area contributed by atoms with Crippen molar-refractivity contribution in [3.8, 4) is 0 Å². The van der Waals surface area contributed by atoms with Crippen LogP contribution in [0.4, 0.5) is 0 Å². The molecule has 0 saturated heterocycles. The summed E-state index contributed by atoms with van der Waals surface area (Å²) in [7, 11) is 0. The highest BCUT2D eigenvalue weighted by Gasteiger charge is 2.18. The summed E-state index contributed by atoms with van der Waals surface area (Å²) in [5.74, 6) is -0.0486. The monoisotopic (exact) mass is 1220 g/mol. The number of ether oxygens (including phenoxy) is 1. The minimum Gasteiger partial charge on any atom is -0.466 e. The second-order valence-corrected chi connectivity index (χ2v) is 27.0. The number of hydrogen-bond acceptors (Lipinski definition) is 5. The lowest BCUT2D eigenvalue weighted by molar-refractivity contribution is -0.143. The molecule has 512 valence electrons. The Balaban J connectivity index is 3.38. The number of amides is 1. The van der Waals surface area contributed by atoms with Gasteiger partial charge in [-0.2, -0.15) is 0 Å². The molecule has 0 saturated carbocycles. The number of aliphatic hydroxyl groups is 2. The van der Waals surface area contributed by atoms with Crippen molar-refractivity contribution >= 4 is 11.9 Å². The van der Waals surface area contributed by atoms with Gasteiger partial charge in [0.15, 0.2) is 0 Å². The molecule has 0 aromatic rings. The SMILES string of the molecule is CCCCCCCC/C=C\CCCCCCCCCC(=O)OCCCCCCCCCCCCC/C=C\C/C=C\CCCCCCCCCCCCCCCCCCCC(=O)NC(CO)C(O)/C=C/CCCCCCCCCCCCCCCCCC. The molecule has 2 atom stereocenters. The Labute approximate surface area is 544 Å². The highest BCUT2D eigenvalue weighted by Crippen LogP contribution is 2.19. The minimum absolute atomic E-state index is 0.0137. The smallest absolute Gasteiger partial charge is 0.305 e. The zero-order valence-electron chi connectivity index (χ0n) is 58.8. The molecular weight excluding hydrogens is 1070 g/mol. The fourth-order valence-electron chi connectivity index (χ4n) is 12.3. The molecule has 6 nitrogen and oxygen atoms in total. The van der Waals surface area contributed by atoms with Gasteiger partial charge >= 0.3 is 5.97 Å². The van der Waals surface area contributed by atoms with Crippen LogP contribution < -0.4 is 5.32 Å². The average molecular weight is 1220 g/mol. The van der Waals surface area contributed by atoms with E-state index in [4.69, 9.17) is 4.74 Å². The lowest BCUT2D eigenvalue weighted by Crippen LogP contribution is -2.45. The molecule has 0 radical (unpaired) electrons. The second kappa shape index (κ2) is 76.3. The normalized spacial score (nSPS) is 12.7. The Morgan fingerprint density at radius 1 is 0.322 bits per heavy atom. The summed E-state index contributed by atoms with van der Waals surface area (Å²) in [6, 6.07) is -0.627. The van der Waals surface area contributed by atoms with Gasteiger partial charge in [0.2, 0.25) is 5.91 Å². The quantitative estimate of drug-likeness (QED) is 0.0320. The van der Waals surface area contributed by atoms with Gasteiger partial charge in [-0.05, 0) is 89.9 Å². The van der Waals surface area contributed by atoms with Gasteiger partial charge in [0.05, 0.1) is 25.4 Å². The Hall–Kier alpha value is -2.18. The molecule has 0 aromatic carbocycles. The second-order valence-electron chi connectivity index (χ2n) is 27.0. The van der Waals surface area contributed by atoms with Crippen LogP contribution in [0.1, 0.15) is 431 Å². The van der Waals surface area contributed by atoms with E-state index in [9.17, 15) is 19.8 Å². The molecular formula is C81H153NO5. The van der Waals surface area contributed by atoms with Crippen LogP contribution in [0.3, 0.4) is 0 Å². The number of allylic oxidation sites excluding steroid dienone is 7. The number of carbonyl (C=O) groups is 2. The maximum Gasteiger partial charge on any atom is 0.305 e. The summed E-state index contributed by atoms with van der Waals surface area (Å²) in [6.07, 6.45) is 101. The van der Waals surface area contributed by atoms with Crippen molar-refractivity contribution in [3.63, 3.8) is 0 Å². The number of nitrogens with one attached hydrogen (secondary N) is 1. The number of unbranched alkanes of at least 4 members (excludes halogenated alkanes) is 57. The number of aliphatic hydroxyl groups excluding tert-OH is 2. The Kier molecular flexibility index (Phi) is 74.4. The highest BCUT2D eigenvalue weighted by molar-refractivity contribution is 5.76. The molecule has 0 spiro atoms. The van der Waals surface area contributed by atoms with Crippen molar-refractivity contribution in [1.82, 2.24) is 5.32 Å². The van der Waals surface area contributed by atoms with Gasteiger partial charge in [-0.15, -0.1) is 0 Å². The first kappa shape index (κ1) is 84.8. The Bertz CT molecular complexity index is 1450. The largest absolute Gasteiger partial charge is 0.466 e. The third-order valence-corrected chi connectivity index (χ3v) is 18.3. The van der Waals surface area contributed by atoms with Crippen LogP contribution in [-0.4, -0.2) is 47.4 Å². The van der Waals surface area contributed by atoms with Gasteiger partial charge in [0.1, 0.15) is 0 Å². The zero-order chi connectivity index (χ0) is 62.8. The number of carbonyl (C=O) groups excluding carboxylic acids is 2. The topological polar surface area (TPSA) is 95.9 Å². The first-order valence-electron chi connectivity index (χ1n) is 39.4. The Morgan fingerprint density at radius 2 is 0.575 bits per heavy atom. The maximum absolute atomic E-state index is 12.5. The molecule has 0 aliphatic heterocycles. The van der Waals surface area contributed by atoms with Crippen LogP contribution in [0.5, 0.6) is 0 Å². The van der Waals surface area contributed by atoms with E-state index in [0.29, 0.717) is 19.4 Å². The summed E-state index contributed by atoms with van der Waals surface area (Å²) < 4.78 is 5.50. The van der Waals surface area contributed by atoms with E-state index in [2.05, 4.69) is 55.6 Å². The van der Waals surface area contributed by atoms with Crippen molar-refractivity contribution in [1.29, 1.82) is 0 Å². The van der Waals surface area contributed by atoms with Crippen LogP contribution in [0.25, 0.3) is 0 Å². The number of hydrogen-bond donors (Lipinski definition) is 3. The van der Waals surface area contributed by atoms with Gasteiger partial charge in [-0.3, -0.25) is 9.59 Å². The third-order valence-electron chi connectivity index (χ3n) is 18.3. The summed E-state index contributed by atoms with van der Waals surface area (Å²) in [5.41, 5.74) is 0. The van der Waals surface area contributed by atoms with E-state index in [1.54, 1.807) is 6.08 Å². The molecule has 0 aliphatic rings. The van der Waals surface area contributed by atoms with Crippen molar-refractivity contribution in [3.05, 3.63) is 48.6 Å². The fraction of sp³-hybridized carbons (Fsp3) is 0.877. The van der Waals surface area contributed by atoms with Crippen LogP contribution in [0.15, 0.2) is 48.6 Å². The third kappa shape index (κ3) is 72.8. The van der Waals surface area contributed by atoms with E-state index >= 15 is 0 Å². The van der Waals surface area contributed by atoms with E-state index in [0.717, 1.165) is 51.4 Å². The van der Waals surface area contributed by atoms with Crippen LogP contribution >= 0.6 is 0 Å². The predicted octanol–water partition coefficient (Wildman–Crippen LogP) is 26.0. The molecule has 2 unspecified atom stereocenters. The van der Waals surface area contributed by atoms with Crippen molar-refractivity contribution in [2.75, 3.05) is 13.2 Å². The molecule has 0 aromatic heterocycles. The van der Waals surface area contributed by atoms with Gasteiger partial charge in [-0.25, -0.2) is 0 Å². The van der Waals surface area contributed by atoms with Gasteiger partial charge in [-0.1, -0.05) is 377 Å². The molecule has 0 heterocycles. The maximum atomic E-state index is 12.5. The van der Waals surface area contributed by atoms with Gasteiger partial charge in [0, 0.05) is 12.8 Å². The number of rotatable bonds is 74. The standard InChI is InChI=1S/C81H153NO5/c1-3-5-7-9-11-13-15-17-19-21-42-45-49-53-57-61-65-69-73-79(84)78(77-83)82-80(85)74-70-66-62-58-54-50-46-43-39-37-35-33-31-29-27-25-23-22-24-26-28-30-32-34-36-38-40-44-48-52-56-60-64-68-72-76-87-81(86)75-71-67-63-59-55-51-47-41-20-18-16-14-12-10-8-6-4-2/h18,20,24,26,30,32,69,73,78-79,83-84H,3-17,19,21-23,25,27-29,31,33-68,70-72,74-77H2,1-2H3,(H,82,85)/b20-18-,26-24-,32-30-,73-69+. The van der Waals surface area contributed by atoms with Gasteiger partial charge in [0.25, 0.3) is 0 Å². The first-order valence-corrected chi connectivity index (χ1v) is 39.4. The molecule has 87 heavy (non-hydrogen) atoms. The molecule has 1 amide bonds. The van der Waals surface area contributed by atoms with E-state index in [1.165, 1.54) is 353 Å². The number of esters is 1. The van der Waals surface area contributed by atoms with Crippen LogP contribution in [0, 0.1) is 0 Å². The summed E-state index contributed by atoms with van der Waals surface area (Å²) >= 11 is 0. The van der Waals surface area contributed by atoms with E-state index < -0.39 is 12.1 Å². The molecule has 0 fully saturated rings. The molecule has 0 bridgehead atoms. The van der Waals surface area contributed by atoms with Crippen molar-refractivity contribution in [2.24, 2.45) is 0 Å². The predicted molar refractivity (Wildman–Crippen MR) is 384 cm³/mol. The summed E-state index contributed by atoms with van der Waals surface area (Å²) in [4.78, 5) is 24.6. The fourth-order valence-corrected chi connectivity index (χ4v) is 12.3. The van der Waals surface area contributed by atoms with Crippen molar-refractivity contribution in [2.45, 2.75) is 443 Å². The lowest BCUT2D eigenvalue weighted by Gasteiger charge is -2.20. The highest BCUT2D eigenvalue weighted by atomic mass is 16.5. The molecule has 0 rings (SSSR count). The summed E-state index contributed by atoms with van der Waals surface area (Å²) in [5, 5.41) is 23.2.